The Hall–Kier alpha value is -4.12. The standard InChI is InChI=1S/C36H42N4O6S/c1-4-46-28-11-9-27(10-12-28)37-34(43)24-8-13-31(39-19-23-16-25(21-39)30-6-5-7-33(42)40(30)20-23)29(17-24)38-47(44,45)22-36-15-14-26(18-32(36)41)35(36,2)3/h5-13,17,23,25-26,38H,4,14-16,18-22H2,1-3H3,(H,37,43)/t23-,25+,26+,36+/m1/s1. The van der Waals surface area contributed by atoms with Crippen molar-refractivity contribution in [2.45, 2.75) is 58.9 Å². The van der Waals surface area contributed by atoms with Crippen LogP contribution >= 0.6 is 0 Å². The van der Waals surface area contributed by atoms with Gasteiger partial charge < -0.3 is 19.5 Å². The number of ether oxygens (including phenoxy) is 1. The van der Waals surface area contributed by atoms with Gasteiger partial charge in [0.05, 0.1) is 29.1 Å². The summed E-state index contributed by atoms with van der Waals surface area (Å²) in [4.78, 5) is 41.5. The minimum atomic E-state index is -4.00. The van der Waals surface area contributed by atoms with Crippen molar-refractivity contribution in [3.63, 3.8) is 0 Å². The van der Waals surface area contributed by atoms with Gasteiger partial charge in [-0.05, 0) is 92.0 Å². The number of sulfonamides is 1. The normalized spacial score (nSPS) is 25.7. The van der Waals surface area contributed by atoms with E-state index in [0.717, 1.165) is 18.5 Å². The highest BCUT2D eigenvalue weighted by Gasteiger charge is 2.65. The molecule has 2 saturated carbocycles. The quantitative estimate of drug-likeness (QED) is 0.321. The molecule has 4 bridgehead atoms. The van der Waals surface area contributed by atoms with Crippen LogP contribution < -0.4 is 25.2 Å². The molecular formula is C36H42N4O6S. The van der Waals surface area contributed by atoms with Gasteiger partial charge in [-0.2, -0.15) is 0 Å². The van der Waals surface area contributed by atoms with Gasteiger partial charge in [-0.3, -0.25) is 19.1 Å². The number of nitrogens with one attached hydrogen (secondary N) is 2. The van der Waals surface area contributed by atoms with Crippen molar-refractivity contribution in [2.75, 3.05) is 40.4 Å². The zero-order valence-electron chi connectivity index (χ0n) is 27.1. The molecule has 0 unspecified atom stereocenters. The number of carbonyl (C=O) groups excluding carboxylic acids is 2. The van der Waals surface area contributed by atoms with E-state index in [9.17, 15) is 22.8 Å². The number of piperidine rings is 1. The third-order valence-corrected chi connectivity index (χ3v) is 12.7. The van der Waals surface area contributed by atoms with Gasteiger partial charge in [0.25, 0.3) is 11.5 Å². The number of hydrogen-bond donors (Lipinski definition) is 2. The van der Waals surface area contributed by atoms with Crippen LogP contribution in [0.1, 0.15) is 68.4 Å². The van der Waals surface area contributed by atoms with Crippen LogP contribution in [0.4, 0.5) is 17.1 Å². The van der Waals surface area contributed by atoms with Crippen LogP contribution in [0.25, 0.3) is 0 Å². The fourth-order valence-electron chi connectivity index (χ4n) is 8.77. The summed E-state index contributed by atoms with van der Waals surface area (Å²) in [5.74, 6) is 0.571. The van der Waals surface area contributed by atoms with Crippen molar-refractivity contribution >= 4 is 38.8 Å². The smallest absolute Gasteiger partial charge is 0.255 e. The maximum absolute atomic E-state index is 14.0. The van der Waals surface area contributed by atoms with Crippen LogP contribution in [0, 0.1) is 22.7 Å². The number of ketones is 1. The van der Waals surface area contributed by atoms with E-state index in [1.165, 1.54) is 0 Å². The Morgan fingerprint density at radius 2 is 1.81 bits per heavy atom. The average Bonchev–Trinajstić information content (AvgIpc) is 3.36. The SMILES string of the molecule is CCOc1ccc(NC(=O)c2ccc(N3C[C@H]4C[C@@H](C3)c3cccc(=O)n3C4)c(NS(=O)(=O)C[C@@]34CC[C@@H](CC3=O)C4(C)C)c2)cc1. The topological polar surface area (TPSA) is 127 Å². The monoisotopic (exact) mass is 658 g/mol. The highest BCUT2D eigenvalue weighted by molar-refractivity contribution is 7.92. The Labute approximate surface area is 275 Å². The fourth-order valence-corrected chi connectivity index (χ4v) is 10.7. The van der Waals surface area contributed by atoms with E-state index in [-0.39, 0.29) is 40.8 Å². The Morgan fingerprint density at radius 1 is 1.02 bits per heavy atom. The number of nitrogens with zero attached hydrogens (tertiary/aromatic N) is 2. The lowest BCUT2D eigenvalue weighted by molar-refractivity contribution is -0.128. The van der Waals surface area contributed by atoms with Crippen LogP contribution in [0.2, 0.25) is 0 Å². The minimum Gasteiger partial charge on any atom is -0.494 e. The first-order valence-corrected chi connectivity index (χ1v) is 18.2. The van der Waals surface area contributed by atoms with Gasteiger partial charge in [0.2, 0.25) is 10.0 Å². The molecular weight excluding hydrogens is 616 g/mol. The second-order valence-corrected chi connectivity index (χ2v) is 16.0. The van der Waals surface area contributed by atoms with E-state index in [2.05, 4.69) is 14.9 Å². The Bertz CT molecular complexity index is 1900. The van der Waals surface area contributed by atoms with Gasteiger partial charge in [-0.25, -0.2) is 8.42 Å². The van der Waals surface area contributed by atoms with Crippen molar-refractivity contribution < 1.29 is 22.7 Å². The summed E-state index contributed by atoms with van der Waals surface area (Å²) in [6.45, 7) is 8.33. The average molecular weight is 659 g/mol. The molecule has 11 heteroatoms. The molecule has 10 nitrogen and oxygen atoms in total. The number of Topliss-reactive ketones (excluding diaryl/α,β-unsaturated/α-hetero) is 1. The molecule has 1 aromatic heterocycles. The second kappa shape index (κ2) is 11.5. The number of aromatic nitrogens is 1. The third kappa shape index (κ3) is 5.52. The van der Waals surface area contributed by atoms with Gasteiger partial charge in [0.1, 0.15) is 11.5 Å². The molecule has 0 spiro atoms. The third-order valence-electron chi connectivity index (χ3n) is 11.3. The summed E-state index contributed by atoms with van der Waals surface area (Å²) in [7, 11) is -4.00. The highest BCUT2D eigenvalue weighted by atomic mass is 32.2. The number of hydrogen-bond acceptors (Lipinski definition) is 7. The first-order valence-electron chi connectivity index (χ1n) is 16.6. The van der Waals surface area contributed by atoms with Crippen LogP contribution in [0.15, 0.2) is 65.5 Å². The maximum atomic E-state index is 14.0. The number of fused-ring (bicyclic) bond motifs is 6. The summed E-state index contributed by atoms with van der Waals surface area (Å²) in [5, 5.41) is 2.90. The minimum absolute atomic E-state index is 0.0000882. The van der Waals surface area contributed by atoms with E-state index in [4.69, 9.17) is 4.74 Å². The summed E-state index contributed by atoms with van der Waals surface area (Å²) in [6, 6.07) is 17.6. The molecule has 4 atom stereocenters. The number of rotatable bonds is 9. The lowest BCUT2D eigenvalue weighted by Gasteiger charge is -2.44. The summed E-state index contributed by atoms with van der Waals surface area (Å²) < 4.78 is 38.3. The Balaban J connectivity index is 1.21. The Morgan fingerprint density at radius 3 is 2.51 bits per heavy atom. The summed E-state index contributed by atoms with van der Waals surface area (Å²) in [6.07, 6.45) is 2.79. The zero-order chi connectivity index (χ0) is 33.1. The van der Waals surface area contributed by atoms with Crippen LogP contribution in [0.5, 0.6) is 5.75 Å². The second-order valence-electron chi connectivity index (χ2n) is 14.3. The number of benzene rings is 2. The fraction of sp³-hybridized carbons (Fsp3) is 0.472. The van der Waals surface area contributed by atoms with Crippen molar-refractivity contribution in [3.05, 3.63) is 82.3 Å². The predicted octanol–water partition coefficient (Wildman–Crippen LogP) is 5.26. The molecule has 1 amide bonds. The van der Waals surface area contributed by atoms with Crippen molar-refractivity contribution in [1.29, 1.82) is 0 Å². The summed E-state index contributed by atoms with van der Waals surface area (Å²) >= 11 is 0. The van der Waals surface area contributed by atoms with Crippen LogP contribution in [-0.2, 0) is 21.4 Å². The molecule has 248 valence electrons. The molecule has 7 rings (SSSR count). The van der Waals surface area contributed by atoms with E-state index in [1.807, 2.05) is 31.4 Å². The molecule has 0 radical (unpaired) electrons. The molecule has 2 aliphatic heterocycles. The Kier molecular flexibility index (Phi) is 7.73. The van der Waals surface area contributed by atoms with Gasteiger partial charge in [-0.1, -0.05) is 19.9 Å². The number of carbonyl (C=O) groups is 2. The highest BCUT2D eigenvalue weighted by Crippen LogP contribution is 2.64. The van der Waals surface area contributed by atoms with E-state index in [0.29, 0.717) is 67.5 Å². The van der Waals surface area contributed by atoms with Crippen molar-refractivity contribution in [3.8, 4) is 5.75 Å². The van der Waals surface area contributed by atoms with Gasteiger partial charge in [0.15, 0.2) is 0 Å². The largest absolute Gasteiger partial charge is 0.494 e. The van der Waals surface area contributed by atoms with Gasteiger partial charge in [0, 0.05) is 55.0 Å². The van der Waals surface area contributed by atoms with Gasteiger partial charge >= 0.3 is 0 Å². The zero-order valence-corrected chi connectivity index (χ0v) is 27.9. The molecule has 3 heterocycles. The van der Waals surface area contributed by atoms with E-state index in [1.54, 1.807) is 54.6 Å². The van der Waals surface area contributed by atoms with Crippen LogP contribution in [0.3, 0.4) is 0 Å². The van der Waals surface area contributed by atoms with Crippen molar-refractivity contribution in [1.82, 2.24) is 4.57 Å². The number of amides is 1. The molecule has 3 aromatic rings. The lowest BCUT2D eigenvalue weighted by atomic mass is 9.70. The number of pyridine rings is 1. The lowest BCUT2D eigenvalue weighted by Crippen LogP contribution is -2.47. The first-order chi connectivity index (χ1) is 22.4. The first kappa shape index (κ1) is 31.5. The molecule has 47 heavy (non-hydrogen) atoms. The maximum Gasteiger partial charge on any atom is 0.255 e. The molecule has 4 aliphatic rings. The summed E-state index contributed by atoms with van der Waals surface area (Å²) in [5.41, 5.74) is 1.52. The van der Waals surface area contributed by atoms with Gasteiger partial charge in [-0.15, -0.1) is 0 Å². The molecule has 2 N–H and O–H groups in total. The molecule has 2 aromatic carbocycles. The van der Waals surface area contributed by atoms with E-state index < -0.39 is 20.9 Å². The van der Waals surface area contributed by atoms with E-state index >= 15 is 0 Å². The molecule has 1 saturated heterocycles. The molecule has 3 fully saturated rings. The molecule has 2 aliphatic carbocycles. The number of anilines is 3. The predicted molar refractivity (Wildman–Crippen MR) is 182 cm³/mol. The van der Waals surface area contributed by atoms with Crippen molar-refractivity contribution in [2.24, 2.45) is 22.7 Å². The van der Waals surface area contributed by atoms with Crippen LogP contribution in [-0.4, -0.2) is 50.1 Å².